The summed E-state index contributed by atoms with van der Waals surface area (Å²) in [6, 6.07) is 4.29. The van der Waals surface area contributed by atoms with Gasteiger partial charge in [-0.2, -0.15) is 0 Å². The van der Waals surface area contributed by atoms with Crippen LogP contribution in [0.1, 0.15) is 43.4 Å². The van der Waals surface area contributed by atoms with E-state index >= 15 is 0 Å². The molecule has 0 saturated heterocycles. The van der Waals surface area contributed by atoms with Gasteiger partial charge in [0.05, 0.1) is 6.61 Å². The zero-order valence-electron chi connectivity index (χ0n) is 10.5. The number of thiophene rings is 1. The van der Waals surface area contributed by atoms with Gasteiger partial charge in [-0.15, -0.1) is 11.3 Å². The van der Waals surface area contributed by atoms with E-state index in [4.69, 9.17) is 10.5 Å². The molecule has 1 aromatic heterocycles. The van der Waals surface area contributed by atoms with Crippen LogP contribution in [-0.2, 0) is 6.42 Å². The molecule has 2 nitrogen and oxygen atoms in total. The van der Waals surface area contributed by atoms with Gasteiger partial charge in [0.15, 0.2) is 5.06 Å². The summed E-state index contributed by atoms with van der Waals surface area (Å²) in [7, 11) is 0. The van der Waals surface area contributed by atoms with Gasteiger partial charge >= 0.3 is 0 Å². The molecule has 96 valence electrons. The summed E-state index contributed by atoms with van der Waals surface area (Å²) in [6.07, 6.45) is 9.06. The quantitative estimate of drug-likeness (QED) is 0.840. The van der Waals surface area contributed by atoms with E-state index in [0.29, 0.717) is 0 Å². The Morgan fingerprint density at radius 3 is 2.82 bits per heavy atom. The standard InChI is InChI=1S/C14H23NOS/c15-10-4-7-13-8-9-14(17-13)16-11-12-5-2-1-3-6-12/h8-9,12H,1-7,10-11,15H2. The summed E-state index contributed by atoms with van der Waals surface area (Å²) in [5, 5.41) is 1.09. The maximum atomic E-state index is 5.89. The van der Waals surface area contributed by atoms with E-state index in [1.165, 1.54) is 37.0 Å². The molecule has 0 atom stereocenters. The highest BCUT2D eigenvalue weighted by Gasteiger charge is 2.14. The molecule has 0 amide bonds. The van der Waals surface area contributed by atoms with Gasteiger partial charge in [-0.3, -0.25) is 0 Å². The van der Waals surface area contributed by atoms with E-state index in [2.05, 4.69) is 12.1 Å². The molecule has 0 bridgehead atoms. The first kappa shape index (κ1) is 12.9. The molecule has 2 rings (SSSR count). The first-order chi connectivity index (χ1) is 8.38. The minimum atomic E-state index is 0.774. The predicted molar refractivity (Wildman–Crippen MR) is 73.8 cm³/mol. The molecule has 0 unspecified atom stereocenters. The number of rotatable bonds is 6. The molecular weight excluding hydrogens is 230 g/mol. The van der Waals surface area contributed by atoms with Crippen LogP contribution < -0.4 is 10.5 Å². The number of hydrogen-bond acceptors (Lipinski definition) is 3. The third kappa shape index (κ3) is 4.32. The number of hydrogen-bond donors (Lipinski definition) is 1. The highest BCUT2D eigenvalue weighted by atomic mass is 32.1. The van der Waals surface area contributed by atoms with Gasteiger partial charge in [0.2, 0.25) is 0 Å². The van der Waals surface area contributed by atoms with Crippen LogP contribution in [0.15, 0.2) is 12.1 Å². The fraction of sp³-hybridized carbons (Fsp3) is 0.714. The van der Waals surface area contributed by atoms with Crippen molar-refractivity contribution in [2.75, 3.05) is 13.2 Å². The number of ether oxygens (including phenoxy) is 1. The van der Waals surface area contributed by atoms with Crippen LogP contribution in [0.3, 0.4) is 0 Å². The molecule has 3 heteroatoms. The number of aryl methyl sites for hydroxylation is 1. The van der Waals surface area contributed by atoms with Crippen molar-refractivity contribution in [3.05, 3.63) is 17.0 Å². The molecule has 1 aliphatic carbocycles. The Morgan fingerprint density at radius 2 is 2.06 bits per heavy atom. The Bertz CT molecular complexity index is 318. The van der Waals surface area contributed by atoms with Gasteiger partial charge in [-0.1, -0.05) is 19.3 Å². The maximum absolute atomic E-state index is 5.89. The van der Waals surface area contributed by atoms with Crippen molar-refractivity contribution in [3.8, 4) is 5.06 Å². The Balaban J connectivity index is 1.72. The van der Waals surface area contributed by atoms with Crippen molar-refractivity contribution in [1.82, 2.24) is 0 Å². The lowest BCUT2D eigenvalue weighted by Gasteiger charge is -2.21. The van der Waals surface area contributed by atoms with Gasteiger partial charge in [0, 0.05) is 4.88 Å². The lowest BCUT2D eigenvalue weighted by atomic mass is 9.90. The van der Waals surface area contributed by atoms with Gasteiger partial charge in [-0.05, 0) is 50.3 Å². The average Bonchev–Trinajstić information content (AvgIpc) is 2.83. The van der Waals surface area contributed by atoms with Crippen molar-refractivity contribution in [1.29, 1.82) is 0 Å². The fourth-order valence-corrected chi connectivity index (χ4v) is 3.30. The van der Waals surface area contributed by atoms with Crippen molar-refractivity contribution < 1.29 is 4.74 Å². The molecule has 1 aliphatic rings. The van der Waals surface area contributed by atoms with Crippen molar-refractivity contribution in [2.24, 2.45) is 11.7 Å². The van der Waals surface area contributed by atoms with E-state index in [9.17, 15) is 0 Å². The Kier molecular flexibility index (Phi) is 5.33. The van der Waals surface area contributed by atoms with E-state index in [1.807, 2.05) is 0 Å². The molecule has 0 radical (unpaired) electrons. The smallest absolute Gasteiger partial charge is 0.173 e. The minimum absolute atomic E-state index is 0.774. The van der Waals surface area contributed by atoms with Crippen LogP contribution in [0.4, 0.5) is 0 Å². The molecule has 1 saturated carbocycles. The zero-order valence-corrected chi connectivity index (χ0v) is 11.3. The summed E-state index contributed by atoms with van der Waals surface area (Å²) < 4.78 is 5.89. The predicted octanol–water partition coefficient (Wildman–Crippen LogP) is 3.60. The van der Waals surface area contributed by atoms with Crippen LogP contribution in [0.25, 0.3) is 0 Å². The van der Waals surface area contributed by atoms with E-state index in [-0.39, 0.29) is 0 Å². The molecule has 0 aromatic carbocycles. The second-order valence-corrected chi connectivity index (χ2v) is 6.06. The molecule has 2 N–H and O–H groups in total. The van der Waals surface area contributed by atoms with Crippen LogP contribution in [0, 0.1) is 5.92 Å². The maximum Gasteiger partial charge on any atom is 0.173 e. The van der Waals surface area contributed by atoms with Gasteiger partial charge in [0.1, 0.15) is 0 Å². The SMILES string of the molecule is NCCCc1ccc(OCC2CCCCC2)s1. The summed E-state index contributed by atoms with van der Waals surface area (Å²) in [6.45, 7) is 1.69. The van der Waals surface area contributed by atoms with Crippen LogP contribution in [-0.4, -0.2) is 13.2 Å². The molecule has 1 aromatic rings. The summed E-state index contributed by atoms with van der Waals surface area (Å²) in [5.74, 6) is 0.790. The fourth-order valence-electron chi connectivity index (χ4n) is 2.40. The summed E-state index contributed by atoms with van der Waals surface area (Å²) in [4.78, 5) is 1.40. The monoisotopic (exact) mass is 253 g/mol. The summed E-state index contributed by atoms with van der Waals surface area (Å²) >= 11 is 1.78. The number of nitrogens with two attached hydrogens (primary N) is 1. The third-order valence-electron chi connectivity index (χ3n) is 3.45. The Morgan fingerprint density at radius 1 is 1.24 bits per heavy atom. The topological polar surface area (TPSA) is 35.2 Å². The molecule has 1 heterocycles. The second-order valence-electron chi connectivity index (χ2n) is 4.93. The normalized spacial score (nSPS) is 17.2. The highest BCUT2D eigenvalue weighted by Crippen LogP contribution is 2.28. The third-order valence-corrected chi connectivity index (χ3v) is 4.51. The first-order valence-electron chi connectivity index (χ1n) is 6.80. The largest absolute Gasteiger partial charge is 0.484 e. The zero-order chi connectivity index (χ0) is 11.9. The Labute approximate surface area is 108 Å². The van der Waals surface area contributed by atoms with E-state index in [1.54, 1.807) is 11.3 Å². The molecule has 0 aliphatic heterocycles. The molecule has 17 heavy (non-hydrogen) atoms. The van der Waals surface area contributed by atoms with Crippen LogP contribution in [0.5, 0.6) is 5.06 Å². The van der Waals surface area contributed by atoms with Gasteiger partial charge < -0.3 is 10.5 Å². The lowest BCUT2D eigenvalue weighted by molar-refractivity contribution is 0.213. The van der Waals surface area contributed by atoms with Crippen molar-refractivity contribution in [2.45, 2.75) is 44.9 Å². The van der Waals surface area contributed by atoms with Gasteiger partial charge in [0.25, 0.3) is 0 Å². The van der Waals surface area contributed by atoms with Crippen molar-refractivity contribution in [3.63, 3.8) is 0 Å². The van der Waals surface area contributed by atoms with Crippen LogP contribution in [0.2, 0.25) is 0 Å². The van der Waals surface area contributed by atoms with Gasteiger partial charge in [-0.25, -0.2) is 0 Å². The second kappa shape index (κ2) is 7.02. The van der Waals surface area contributed by atoms with Crippen LogP contribution >= 0.6 is 11.3 Å². The average molecular weight is 253 g/mol. The van der Waals surface area contributed by atoms with Crippen molar-refractivity contribution >= 4 is 11.3 Å². The van der Waals surface area contributed by atoms with E-state index < -0.39 is 0 Å². The highest BCUT2D eigenvalue weighted by molar-refractivity contribution is 7.13. The summed E-state index contributed by atoms with van der Waals surface area (Å²) in [5.41, 5.74) is 5.51. The molecule has 0 spiro atoms. The molecular formula is C14H23NOS. The Hall–Kier alpha value is -0.540. The minimum Gasteiger partial charge on any atom is -0.484 e. The lowest BCUT2D eigenvalue weighted by Crippen LogP contribution is -2.14. The van der Waals surface area contributed by atoms with E-state index in [0.717, 1.165) is 37.0 Å². The first-order valence-corrected chi connectivity index (χ1v) is 7.61. The molecule has 1 fully saturated rings.